The van der Waals surface area contributed by atoms with Gasteiger partial charge in [0.05, 0.1) is 16.4 Å². The minimum absolute atomic E-state index is 0.665. The third-order valence-corrected chi connectivity index (χ3v) is 10.2. The highest BCUT2D eigenvalue weighted by Gasteiger charge is 2.24. The molecule has 0 unspecified atom stereocenters. The van der Waals surface area contributed by atoms with Crippen LogP contribution in [0.1, 0.15) is 0 Å². The van der Waals surface area contributed by atoms with Crippen molar-refractivity contribution in [3.05, 3.63) is 164 Å². The number of nitrogens with zero attached hydrogens (tertiary/aromatic N) is 3. The van der Waals surface area contributed by atoms with Crippen molar-refractivity contribution in [3.63, 3.8) is 0 Å². The summed E-state index contributed by atoms with van der Waals surface area (Å²) in [6.07, 6.45) is 0. The quantitative estimate of drug-likeness (QED) is 0.181. The minimum Gasteiger partial charge on any atom is -0.452 e. The van der Waals surface area contributed by atoms with E-state index in [9.17, 15) is 0 Å². The van der Waals surface area contributed by atoms with Gasteiger partial charge in [-0.25, -0.2) is 9.97 Å². The highest BCUT2D eigenvalue weighted by molar-refractivity contribution is 6.27. The summed E-state index contributed by atoms with van der Waals surface area (Å²) in [4.78, 5) is 10.6. The average molecular weight is 638 g/mol. The maximum Gasteiger partial charge on any atom is 0.180 e. The lowest BCUT2D eigenvalue weighted by molar-refractivity contribution is 0.667. The third-order valence-electron chi connectivity index (χ3n) is 10.2. The SMILES string of the molecule is c1ccc(-c2nc(-c3ccc4c5ccccc5c5ccccc5c4c3)c3oc4ccc5c6ccccc6n(-c6ccccc6)c5c4c3n2)cc1. The molecule has 0 spiro atoms. The molecule has 0 aliphatic carbocycles. The Morgan fingerprint density at radius 2 is 1.02 bits per heavy atom. The first kappa shape index (κ1) is 27.2. The Bertz CT molecular complexity index is 3100. The van der Waals surface area contributed by atoms with E-state index in [4.69, 9.17) is 14.4 Å². The topological polar surface area (TPSA) is 43.9 Å². The Morgan fingerprint density at radius 3 is 1.74 bits per heavy atom. The predicted molar refractivity (Wildman–Crippen MR) is 207 cm³/mol. The zero-order valence-corrected chi connectivity index (χ0v) is 26.8. The molecule has 3 heterocycles. The molecule has 0 bridgehead atoms. The molecular weight excluding hydrogens is 611 g/mol. The summed E-state index contributed by atoms with van der Waals surface area (Å²) in [6, 6.07) is 57.7. The van der Waals surface area contributed by atoms with Gasteiger partial charge in [-0.2, -0.15) is 0 Å². The number of fused-ring (bicyclic) bond motifs is 13. The summed E-state index contributed by atoms with van der Waals surface area (Å²) in [5.74, 6) is 0.665. The molecule has 11 rings (SSSR count). The van der Waals surface area contributed by atoms with E-state index in [1.807, 2.05) is 18.2 Å². The van der Waals surface area contributed by atoms with Crippen molar-refractivity contribution in [3.8, 4) is 28.3 Å². The van der Waals surface area contributed by atoms with Crippen molar-refractivity contribution in [2.45, 2.75) is 0 Å². The Hall–Kier alpha value is -6.78. The van der Waals surface area contributed by atoms with Crippen LogP contribution in [0.25, 0.3) is 105 Å². The van der Waals surface area contributed by atoms with E-state index in [2.05, 4.69) is 150 Å². The molecule has 0 aliphatic heterocycles. The smallest absolute Gasteiger partial charge is 0.180 e. The summed E-state index contributed by atoms with van der Waals surface area (Å²) in [6.45, 7) is 0. The van der Waals surface area contributed by atoms with Gasteiger partial charge in [0.15, 0.2) is 11.4 Å². The fourth-order valence-corrected chi connectivity index (χ4v) is 7.99. The van der Waals surface area contributed by atoms with Gasteiger partial charge in [0.1, 0.15) is 16.8 Å². The van der Waals surface area contributed by atoms with E-state index in [0.29, 0.717) is 11.4 Å². The standard InChI is InChI=1S/C46H27N3O/c1-3-13-28(14-4-1)46-47-42(29-23-24-35-33-19-8-7-17-31(33)32-18-9-10-20-34(32)38(35)27-29)45-43(48-46)41-40(50-45)26-25-37-36-21-11-12-22-39(36)49(44(37)41)30-15-5-2-6-16-30/h1-27H. The normalized spacial score (nSPS) is 12.0. The predicted octanol–water partition coefficient (Wildman–Crippen LogP) is 12.3. The van der Waals surface area contributed by atoms with Crippen LogP contribution in [0.15, 0.2) is 168 Å². The van der Waals surface area contributed by atoms with E-state index < -0.39 is 0 Å². The van der Waals surface area contributed by atoms with Gasteiger partial charge < -0.3 is 8.98 Å². The molecule has 3 aromatic heterocycles. The lowest BCUT2D eigenvalue weighted by Crippen LogP contribution is -1.96. The van der Waals surface area contributed by atoms with Crippen LogP contribution < -0.4 is 0 Å². The number of para-hydroxylation sites is 2. The molecule has 0 N–H and O–H groups in total. The van der Waals surface area contributed by atoms with Gasteiger partial charge in [0.2, 0.25) is 0 Å². The van der Waals surface area contributed by atoms with Crippen molar-refractivity contribution < 1.29 is 4.42 Å². The zero-order valence-electron chi connectivity index (χ0n) is 26.8. The van der Waals surface area contributed by atoms with E-state index in [-0.39, 0.29) is 0 Å². The Morgan fingerprint density at radius 1 is 0.440 bits per heavy atom. The first-order chi connectivity index (χ1) is 24.8. The first-order valence-corrected chi connectivity index (χ1v) is 16.9. The molecule has 0 fully saturated rings. The lowest BCUT2D eigenvalue weighted by Gasteiger charge is -2.12. The molecule has 0 aliphatic rings. The summed E-state index contributed by atoms with van der Waals surface area (Å²) < 4.78 is 9.20. The number of benzene rings is 8. The number of furan rings is 1. The van der Waals surface area contributed by atoms with Gasteiger partial charge in [0, 0.05) is 27.6 Å². The highest BCUT2D eigenvalue weighted by Crippen LogP contribution is 2.44. The maximum absolute atomic E-state index is 6.86. The minimum atomic E-state index is 0.665. The monoisotopic (exact) mass is 637 g/mol. The van der Waals surface area contributed by atoms with Crippen molar-refractivity contribution in [2.24, 2.45) is 0 Å². The van der Waals surface area contributed by atoms with Gasteiger partial charge in [0.25, 0.3) is 0 Å². The molecule has 4 heteroatoms. The number of aromatic nitrogens is 3. The molecule has 232 valence electrons. The Balaban J connectivity index is 1.29. The van der Waals surface area contributed by atoms with Gasteiger partial charge in [-0.3, -0.25) is 0 Å². The average Bonchev–Trinajstić information content (AvgIpc) is 3.74. The Kier molecular flexibility index (Phi) is 5.63. The fourth-order valence-electron chi connectivity index (χ4n) is 7.99. The summed E-state index contributed by atoms with van der Waals surface area (Å²) >= 11 is 0. The molecule has 0 saturated heterocycles. The second-order valence-corrected chi connectivity index (χ2v) is 12.9. The Labute approximate surface area is 286 Å². The van der Waals surface area contributed by atoms with Crippen molar-refractivity contribution in [1.82, 2.24) is 14.5 Å². The van der Waals surface area contributed by atoms with Crippen LogP contribution in [0.3, 0.4) is 0 Å². The van der Waals surface area contributed by atoms with Crippen LogP contribution in [0.5, 0.6) is 0 Å². The van der Waals surface area contributed by atoms with Gasteiger partial charge in [-0.15, -0.1) is 0 Å². The van der Waals surface area contributed by atoms with E-state index in [1.165, 1.54) is 37.7 Å². The molecule has 50 heavy (non-hydrogen) atoms. The van der Waals surface area contributed by atoms with Crippen LogP contribution >= 0.6 is 0 Å². The van der Waals surface area contributed by atoms with Crippen LogP contribution in [-0.2, 0) is 0 Å². The number of rotatable bonds is 3. The van der Waals surface area contributed by atoms with Crippen LogP contribution in [0.4, 0.5) is 0 Å². The lowest BCUT2D eigenvalue weighted by atomic mass is 9.93. The third kappa shape index (κ3) is 3.81. The van der Waals surface area contributed by atoms with Crippen molar-refractivity contribution in [2.75, 3.05) is 0 Å². The molecular formula is C46H27N3O. The second kappa shape index (κ2) is 10.4. The van der Waals surface area contributed by atoms with E-state index >= 15 is 0 Å². The molecule has 0 radical (unpaired) electrons. The molecule has 11 aromatic rings. The largest absolute Gasteiger partial charge is 0.452 e. The summed E-state index contributed by atoms with van der Waals surface area (Å²) in [5, 5.41) is 10.7. The van der Waals surface area contributed by atoms with E-state index in [0.717, 1.165) is 55.4 Å². The van der Waals surface area contributed by atoms with Gasteiger partial charge in [-0.05, 0) is 68.7 Å². The molecule has 0 atom stereocenters. The van der Waals surface area contributed by atoms with Gasteiger partial charge >= 0.3 is 0 Å². The fraction of sp³-hybridized carbons (Fsp3) is 0. The maximum atomic E-state index is 6.86. The van der Waals surface area contributed by atoms with Gasteiger partial charge in [-0.1, -0.05) is 127 Å². The van der Waals surface area contributed by atoms with Crippen LogP contribution in [0, 0.1) is 0 Å². The first-order valence-electron chi connectivity index (χ1n) is 16.9. The second-order valence-electron chi connectivity index (χ2n) is 12.9. The summed E-state index contributed by atoms with van der Waals surface area (Å²) in [7, 11) is 0. The molecule has 0 amide bonds. The molecule has 0 saturated carbocycles. The van der Waals surface area contributed by atoms with Crippen molar-refractivity contribution >= 4 is 76.2 Å². The molecule has 8 aromatic carbocycles. The van der Waals surface area contributed by atoms with Crippen LogP contribution in [0.2, 0.25) is 0 Å². The molecule has 4 nitrogen and oxygen atoms in total. The highest BCUT2D eigenvalue weighted by atomic mass is 16.3. The zero-order chi connectivity index (χ0) is 32.8. The summed E-state index contributed by atoms with van der Waals surface area (Å²) in [5.41, 5.74) is 8.30. The van der Waals surface area contributed by atoms with Crippen molar-refractivity contribution in [1.29, 1.82) is 0 Å². The number of hydrogen-bond donors (Lipinski definition) is 0. The number of hydrogen-bond acceptors (Lipinski definition) is 3. The van der Waals surface area contributed by atoms with E-state index in [1.54, 1.807) is 0 Å². The van der Waals surface area contributed by atoms with Crippen LogP contribution in [-0.4, -0.2) is 14.5 Å².